The summed E-state index contributed by atoms with van der Waals surface area (Å²) in [7, 11) is 0. The van der Waals surface area contributed by atoms with E-state index >= 15 is 0 Å². The number of hydrogen-bond donors (Lipinski definition) is 2. The number of oxazole rings is 1. The van der Waals surface area contributed by atoms with Crippen LogP contribution in [0.15, 0.2) is 22.7 Å². The Bertz CT molecular complexity index is 492. The van der Waals surface area contributed by atoms with E-state index in [4.69, 9.17) is 10.2 Å². The molecule has 0 aliphatic heterocycles. The summed E-state index contributed by atoms with van der Waals surface area (Å²) in [5, 5.41) is 3.09. The third kappa shape index (κ3) is 2.31. The van der Waals surface area contributed by atoms with E-state index in [0.29, 0.717) is 23.9 Å². The molecule has 0 saturated carbocycles. The van der Waals surface area contributed by atoms with Crippen molar-refractivity contribution in [1.82, 2.24) is 9.97 Å². The van der Waals surface area contributed by atoms with Crippen LogP contribution in [0.4, 0.5) is 11.5 Å². The Morgan fingerprint density at radius 3 is 2.88 bits per heavy atom. The number of rotatable bonds is 3. The van der Waals surface area contributed by atoms with Crippen LogP contribution in [0.25, 0.3) is 0 Å². The summed E-state index contributed by atoms with van der Waals surface area (Å²) in [5.41, 5.74) is 7.32. The van der Waals surface area contributed by atoms with Crippen molar-refractivity contribution in [3.63, 3.8) is 0 Å². The van der Waals surface area contributed by atoms with E-state index in [1.165, 1.54) is 0 Å². The van der Waals surface area contributed by atoms with Crippen molar-refractivity contribution >= 4 is 11.5 Å². The molecule has 0 radical (unpaired) electrons. The Kier molecular flexibility index (Phi) is 2.76. The van der Waals surface area contributed by atoms with Gasteiger partial charge in [0.1, 0.15) is 11.6 Å². The van der Waals surface area contributed by atoms with Gasteiger partial charge in [0.15, 0.2) is 0 Å². The van der Waals surface area contributed by atoms with E-state index in [9.17, 15) is 0 Å². The molecule has 0 unspecified atom stereocenters. The number of nitrogens with one attached hydrogen (secondary N) is 1. The zero-order valence-corrected chi connectivity index (χ0v) is 9.32. The normalized spacial score (nSPS) is 10.4. The fourth-order valence-electron chi connectivity index (χ4n) is 1.35. The monoisotopic (exact) mass is 218 g/mol. The fourth-order valence-corrected chi connectivity index (χ4v) is 1.35. The van der Waals surface area contributed by atoms with Gasteiger partial charge in [0.2, 0.25) is 5.89 Å². The number of anilines is 2. The van der Waals surface area contributed by atoms with Crippen LogP contribution in [-0.2, 0) is 6.54 Å². The lowest BCUT2D eigenvalue weighted by atomic mass is 10.3. The highest BCUT2D eigenvalue weighted by Gasteiger charge is 2.03. The van der Waals surface area contributed by atoms with Gasteiger partial charge in [-0.3, -0.25) is 0 Å². The molecule has 5 heteroatoms. The molecule has 0 saturated heterocycles. The van der Waals surface area contributed by atoms with Gasteiger partial charge in [0.25, 0.3) is 0 Å². The van der Waals surface area contributed by atoms with Crippen molar-refractivity contribution in [2.24, 2.45) is 0 Å². The SMILES string of the molecule is Cc1ccc(N)c(NCc2ncc(C)o2)n1. The number of nitrogens with zero attached hydrogens (tertiary/aromatic N) is 2. The van der Waals surface area contributed by atoms with Crippen LogP contribution in [0.2, 0.25) is 0 Å². The van der Waals surface area contributed by atoms with E-state index in [2.05, 4.69) is 15.3 Å². The average Bonchev–Trinajstić information content (AvgIpc) is 2.66. The summed E-state index contributed by atoms with van der Waals surface area (Å²) in [4.78, 5) is 8.37. The van der Waals surface area contributed by atoms with Crippen molar-refractivity contribution in [2.45, 2.75) is 20.4 Å². The van der Waals surface area contributed by atoms with Crippen LogP contribution >= 0.6 is 0 Å². The standard InChI is InChI=1S/C11H14N4O/c1-7-3-4-9(12)11(15-7)14-6-10-13-5-8(2)16-10/h3-5H,6,12H2,1-2H3,(H,14,15). The second-order valence-electron chi connectivity index (χ2n) is 3.61. The quantitative estimate of drug-likeness (QED) is 0.822. The van der Waals surface area contributed by atoms with Crippen LogP contribution in [0.3, 0.4) is 0 Å². The predicted octanol–water partition coefficient (Wildman–Crippen LogP) is 1.88. The first-order chi connectivity index (χ1) is 7.65. The highest BCUT2D eigenvalue weighted by Crippen LogP contribution is 2.16. The van der Waals surface area contributed by atoms with Crippen LogP contribution in [0.1, 0.15) is 17.3 Å². The van der Waals surface area contributed by atoms with E-state index in [1.54, 1.807) is 6.20 Å². The Hall–Kier alpha value is -2.04. The van der Waals surface area contributed by atoms with Gasteiger partial charge in [-0.15, -0.1) is 0 Å². The third-order valence-corrected chi connectivity index (χ3v) is 2.14. The molecule has 0 aliphatic rings. The van der Waals surface area contributed by atoms with Crippen LogP contribution in [0, 0.1) is 13.8 Å². The minimum atomic E-state index is 0.481. The summed E-state index contributed by atoms with van der Waals surface area (Å²) in [6.45, 7) is 4.25. The highest BCUT2D eigenvalue weighted by molar-refractivity contribution is 5.61. The maximum Gasteiger partial charge on any atom is 0.213 e. The molecule has 0 bridgehead atoms. The molecule has 0 aliphatic carbocycles. The van der Waals surface area contributed by atoms with Gasteiger partial charge in [0.05, 0.1) is 18.4 Å². The highest BCUT2D eigenvalue weighted by atomic mass is 16.4. The fraction of sp³-hybridized carbons (Fsp3) is 0.273. The van der Waals surface area contributed by atoms with E-state index in [0.717, 1.165) is 11.5 Å². The second kappa shape index (κ2) is 4.22. The van der Waals surface area contributed by atoms with E-state index < -0.39 is 0 Å². The average molecular weight is 218 g/mol. The zero-order chi connectivity index (χ0) is 11.5. The van der Waals surface area contributed by atoms with Gasteiger partial charge in [0, 0.05) is 5.69 Å². The van der Waals surface area contributed by atoms with E-state index in [1.807, 2.05) is 26.0 Å². The third-order valence-electron chi connectivity index (χ3n) is 2.14. The first-order valence-electron chi connectivity index (χ1n) is 5.03. The first kappa shape index (κ1) is 10.5. The molecule has 0 aromatic carbocycles. The minimum absolute atomic E-state index is 0.481. The largest absolute Gasteiger partial charge is 0.444 e. The number of nitrogen functional groups attached to an aromatic ring is 1. The zero-order valence-electron chi connectivity index (χ0n) is 9.32. The molecule has 3 N–H and O–H groups in total. The number of nitrogens with two attached hydrogens (primary N) is 1. The number of aromatic nitrogens is 2. The molecule has 0 amide bonds. The molecule has 2 aromatic heterocycles. The number of aryl methyl sites for hydroxylation is 2. The van der Waals surface area contributed by atoms with Crippen LogP contribution < -0.4 is 11.1 Å². The molecule has 2 heterocycles. The minimum Gasteiger partial charge on any atom is -0.444 e. The molecule has 2 rings (SSSR count). The molecule has 84 valence electrons. The Labute approximate surface area is 93.7 Å². The lowest BCUT2D eigenvalue weighted by Crippen LogP contribution is -2.05. The van der Waals surface area contributed by atoms with Gasteiger partial charge in [-0.05, 0) is 26.0 Å². The van der Waals surface area contributed by atoms with Crippen LogP contribution in [-0.4, -0.2) is 9.97 Å². The molecule has 16 heavy (non-hydrogen) atoms. The molecule has 0 atom stereocenters. The van der Waals surface area contributed by atoms with Gasteiger partial charge >= 0.3 is 0 Å². The van der Waals surface area contributed by atoms with Crippen molar-refractivity contribution in [3.8, 4) is 0 Å². The lowest BCUT2D eigenvalue weighted by molar-refractivity contribution is 0.479. The molecule has 2 aromatic rings. The maximum atomic E-state index is 5.78. The Morgan fingerprint density at radius 1 is 1.38 bits per heavy atom. The summed E-state index contributed by atoms with van der Waals surface area (Å²) in [5.74, 6) is 2.08. The molecular weight excluding hydrogens is 204 g/mol. The molecular formula is C11H14N4O. The van der Waals surface area contributed by atoms with E-state index in [-0.39, 0.29) is 0 Å². The number of hydrogen-bond acceptors (Lipinski definition) is 5. The summed E-state index contributed by atoms with van der Waals surface area (Å²) in [6, 6.07) is 3.70. The Morgan fingerprint density at radius 2 is 2.19 bits per heavy atom. The number of pyridine rings is 1. The van der Waals surface area contributed by atoms with Gasteiger partial charge in [-0.1, -0.05) is 0 Å². The van der Waals surface area contributed by atoms with Gasteiger partial charge in [-0.25, -0.2) is 9.97 Å². The van der Waals surface area contributed by atoms with Gasteiger partial charge < -0.3 is 15.5 Å². The molecule has 5 nitrogen and oxygen atoms in total. The second-order valence-corrected chi connectivity index (χ2v) is 3.61. The smallest absolute Gasteiger partial charge is 0.213 e. The summed E-state index contributed by atoms with van der Waals surface area (Å²) >= 11 is 0. The van der Waals surface area contributed by atoms with Crippen molar-refractivity contribution < 1.29 is 4.42 Å². The van der Waals surface area contributed by atoms with Crippen LogP contribution in [0.5, 0.6) is 0 Å². The van der Waals surface area contributed by atoms with Crippen molar-refractivity contribution in [3.05, 3.63) is 35.7 Å². The molecule has 0 spiro atoms. The molecule has 0 fully saturated rings. The summed E-state index contributed by atoms with van der Waals surface area (Å²) < 4.78 is 5.33. The Balaban J connectivity index is 2.07. The predicted molar refractivity (Wildman–Crippen MR) is 62.0 cm³/mol. The summed E-state index contributed by atoms with van der Waals surface area (Å²) in [6.07, 6.45) is 1.68. The van der Waals surface area contributed by atoms with Crippen molar-refractivity contribution in [2.75, 3.05) is 11.1 Å². The first-order valence-corrected chi connectivity index (χ1v) is 5.03. The maximum absolute atomic E-state index is 5.78. The topological polar surface area (TPSA) is 77.0 Å². The van der Waals surface area contributed by atoms with Gasteiger partial charge in [-0.2, -0.15) is 0 Å². The lowest BCUT2D eigenvalue weighted by Gasteiger charge is -2.06. The van der Waals surface area contributed by atoms with Crippen molar-refractivity contribution in [1.29, 1.82) is 0 Å².